The monoisotopic (exact) mass is 364 g/mol. The number of ether oxygens (including phenoxy) is 1. The number of morpholine rings is 1. The van der Waals surface area contributed by atoms with E-state index in [1.165, 1.54) is 6.42 Å². The molecular formula is C17H28N6OS. The topological polar surface area (TPSA) is 65.6 Å². The standard InChI is InChI=1S/C17H28N6OS/c1-12-8-13(2)11-23(10-12)15-9-14(22-4-6-24-7-5-22)19-16(20-15)21-17(25)18-3/h9,12-13H,4-8,10-11H2,1-3H3,(H2,18,19,20,21,25)/t12-,13-/m1/s1. The van der Waals surface area contributed by atoms with Crippen LogP contribution in [0, 0.1) is 11.8 Å². The number of nitrogens with zero attached hydrogens (tertiary/aromatic N) is 4. The lowest BCUT2D eigenvalue weighted by Crippen LogP contribution is -2.40. The van der Waals surface area contributed by atoms with Gasteiger partial charge in [0.15, 0.2) is 5.11 Å². The molecule has 0 saturated carbocycles. The molecule has 2 atom stereocenters. The summed E-state index contributed by atoms with van der Waals surface area (Å²) >= 11 is 5.22. The summed E-state index contributed by atoms with van der Waals surface area (Å²) < 4.78 is 5.47. The summed E-state index contributed by atoms with van der Waals surface area (Å²) in [5.41, 5.74) is 0. The number of anilines is 3. The Morgan fingerprint density at radius 1 is 1.12 bits per heavy atom. The maximum Gasteiger partial charge on any atom is 0.232 e. The Balaban J connectivity index is 1.89. The Bertz CT molecular complexity index is 597. The van der Waals surface area contributed by atoms with Crippen molar-refractivity contribution in [3.8, 4) is 0 Å². The number of aromatic nitrogens is 2. The van der Waals surface area contributed by atoms with Gasteiger partial charge in [-0.3, -0.25) is 0 Å². The van der Waals surface area contributed by atoms with Crippen molar-refractivity contribution in [2.45, 2.75) is 20.3 Å². The summed E-state index contributed by atoms with van der Waals surface area (Å²) in [5.74, 6) is 3.78. The summed E-state index contributed by atoms with van der Waals surface area (Å²) in [6, 6.07) is 2.10. The van der Waals surface area contributed by atoms with Gasteiger partial charge < -0.3 is 25.2 Å². The van der Waals surface area contributed by atoms with Crippen LogP contribution in [-0.2, 0) is 4.74 Å². The van der Waals surface area contributed by atoms with Crippen LogP contribution in [0.5, 0.6) is 0 Å². The number of hydrogen-bond acceptors (Lipinski definition) is 6. The predicted molar refractivity (Wildman–Crippen MR) is 106 cm³/mol. The second kappa shape index (κ2) is 8.14. The van der Waals surface area contributed by atoms with Crippen molar-refractivity contribution in [1.82, 2.24) is 15.3 Å². The Hall–Kier alpha value is -1.67. The molecule has 3 rings (SSSR count). The fourth-order valence-corrected chi connectivity index (χ4v) is 3.70. The Labute approximate surface area is 155 Å². The lowest BCUT2D eigenvalue weighted by Gasteiger charge is -2.36. The second-order valence-electron chi connectivity index (χ2n) is 7.06. The van der Waals surface area contributed by atoms with Gasteiger partial charge in [0.2, 0.25) is 5.95 Å². The SMILES string of the molecule is CNC(=S)Nc1nc(N2CCOCC2)cc(N2C[C@H](C)C[C@@H](C)C2)n1. The highest BCUT2D eigenvalue weighted by molar-refractivity contribution is 7.80. The molecular weight excluding hydrogens is 336 g/mol. The lowest BCUT2D eigenvalue weighted by atomic mass is 9.92. The molecule has 2 N–H and O–H groups in total. The zero-order valence-corrected chi connectivity index (χ0v) is 16.1. The molecule has 7 nitrogen and oxygen atoms in total. The molecule has 0 aromatic carbocycles. The maximum absolute atomic E-state index is 5.47. The molecule has 0 amide bonds. The van der Waals surface area contributed by atoms with Gasteiger partial charge in [0, 0.05) is 39.3 Å². The van der Waals surface area contributed by atoms with Gasteiger partial charge in [-0.15, -0.1) is 0 Å². The number of rotatable bonds is 3. The molecule has 2 fully saturated rings. The highest BCUT2D eigenvalue weighted by Gasteiger charge is 2.24. The summed E-state index contributed by atoms with van der Waals surface area (Å²) in [5, 5.41) is 6.52. The molecule has 1 aromatic heterocycles. The zero-order chi connectivity index (χ0) is 17.8. The first-order chi connectivity index (χ1) is 12.0. The zero-order valence-electron chi connectivity index (χ0n) is 15.3. The van der Waals surface area contributed by atoms with E-state index in [9.17, 15) is 0 Å². The molecule has 8 heteroatoms. The number of thiocarbonyl (C=S) groups is 1. The van der Waals surface area contributed by atoms with Crippen LogP contribution in [0.2, 0.25) is 0 Å². The molecule has 25 heavy (non-hydrogen) atoms. The van der Waals surface area contributed by atoms with E-state index in [-0.39, 0.29) is 0 Å². The molecule has 1 aromatic rings. The van der Waals surface area contributed by atoms with Gasteiger partial charge in [-0.05, 0) is 30.5 Å². The first-order valence-corrected chi connectivity index (χ1v) is 9.41. The van der Waals surface area contributed by atoms with E-state index in [2.05, 4.69) is 45.3 Å². The highest BCUT2D eigenvalue weighted by atomic mass is 32.1. The maximum atomic E-state index is 5.47. The third-order valence-electron chi connectivity index (χ3n) is 4.68. The molecule has 2 aliphatic heterocycles. The van der Waals surface area contributed by atoms with E-state index in [0.29, 0.717) is 22.9 Å². The van der Waals surface area contributed by atoms with Crippen molar-refractivity contribution in [2.75, 3.05) is 61.6 Å². The minimum atomic E-state index is 0.519. The van der Waals surface area contributed by atoms with E-state index in [4.69, 9.17) is 21.9 Å². The van der Waals surface area contributed by atoms with E-state index in [0.717, 1.165) is 51.0 Å². The van der Waals surface area contributed by atoms with Crippen LogP contribution >= 0.6 is 12.2 Å². The molecule has 0 radical (unpaired) electrons. The van der Waals surface area contributed by atoms with Crippen molar-refractivity contribution >= 4 is 34.9 Å². The highest BCUT2D eigenvalue weighted by Crippen LogP contribution is 2.28. The van der Waals surface area contributed by atoms with Crippen LogP contribution in [0.1, 0.15) is 20.3 Å². The molecule has 0 unspecified atom stereocenters. The van der Waals surface area contributed by atoms with Crippen molar-refractivity contribution in [1.29, 1.82) is 0 Å². The normalized spacial score (nSPS) is 24.1. The minimum absolute atomic E-state index is 0.519. The Morgan fingerprint density at radius 3 is 2.32 bits per heavy atom. The smallest absolute Gasteiger partial charge is 0.232 e. The van der Waals surface area contributed by atoms with Gasteiger partial charge in [0.25, 0.3) is 0 Å². The molecule has 3 heterocycles. The molecule has 2 aliphatic rings. The average molecular weight is 365 g/mol. The van der Waals surface area contributed by atoms with E-state index in [1.54, 1.807) is 7.05 Å². The predicted octanol–water partition coefficient (Wildman–Crippen LogP) is 1.71. The van der Waals surface area contributed by atoms with Gasteiger partial charge in [-0.2, -0.15) is 9.97 Å². The van der Waals surface area contributed by atoms with E-state index < -0.39 is 0 Å². The van der Waals surface area contributed by atoms with Gasteiger partial charge in [0.1, 0.15) is 11.6 Å². The van der Waals surface area contributed by atoms with Crippen LogP contribution in [0.4, 0.5) is 17.6 Å². The number of nitrogens with one attached hydrogen (secondary N) is 2. The Kier molecular flexibility index (Phi) is 5.90. The molecule has 0 spiro atoms. The fourth-order valence-electron chi connectivity index (χ4n) is 3.61. The summed E-state index contributed by atoms with van der Waals surface area (Å²) in [6.45, 7) is 9.83. The van der Waals surface area contributed by atoms with Gasteiger partial charge >= 0.3 is 0 Å². The Morgan fingerprint density at radius 2 is 1.72 bits per heavy atom. The summed E-state index contributed by atoms with van der Waals surface area (Å²) in [6.07, 6.45) is 1.27. The van der Waals surface area contributed by atoms with Crippen molar-refractivity contribution in [3.63, 3.8) is 0 Å². The summed E-state index contributed by atoms with van der Waals surface area (Å²) in [7, 11) is 1.79. The number of piperidine rings is 1. The number of hydrogen-bond donors (Lipinski definition) is 2. The average Bonchev–Trinajstić information content (AvgIpc) is 2.61. The second-order valence-corrected chi connectivity index (χ2v) is 7.47. The third kappa shape index (κ3) is 4.70. The largest absolute Gasteiger partial charge is 0.378 e. The molecule has 138 valence electrons. The van der Waals surface area contributed by atoms with Crippen LogP contribution in [0.25, 0.3) is 0 Å². The van der Waals surface area contributed by atoms with Crippen LogP contribution < -0.4 is 20.4 Å². The van der Waals surface area contributed by atoms with Crippen LogP contribution in [-0.4, -0.2) is 61.5 Å². The van der Waals surface area contributed by atoms with Gasteiger partial charge in [-0.25, -0.2) is 0 Å². The van der Waals surface area contributed by atoms with Crippen molar-refractivity contribution < 1.29 is 4.74 Å². The van der Waals surface area contributed by atoms with Gasteiger partial charge in [0.05, 0.1) is 13.2 Å². The quantitative estimate of drug-likeness (QED) is 0.786. The van der Waals surface area contributed by atoms with Gasteiger partial charge in [-0.1, -0.05) is 13.8 Å². The van der Waals surface area contributed by atoms with Crippen LogP contribution in [0.3, 0.4) is 0 Å². The fraction of sp³-hybridized carbons (Fsp3) is 0.706. The van der Waals surface area contributed by atoms with E-state index >= 15 is 0 Å². The van der Waals surface area contributed by atoms with Crippen molar-refractivity contribution in [3.05, 3.63) is 6.07 Å². The first kappa shape index (κ1) is 18.1. The molecule has 2 saturated heterocycles. The first-order valence-electron chi connectivity index (χ1n) is 9.00. The summed E-state index contributed by atoms with van der Waals surface area (Å²) in [4.78, 5) is 14.0. The van der Waals surface area contributed by atoms with E-state index in [1.807, 2.05) is 0 Å². The molecule has 0 aliphatic carbocycles. The third-order valence-corrected chi connectivity index (χ3v) is 4.99. The minimum Gasteiger partial charge on any atom is -0.378 e. The molecule has 0 bridgehead atoms. The van der Waals surface area contributed by atoms with Crippen LogP contribution in [0.15, 0.2) is 6.07 Å². The lowest BCUT2D eigenvalue weighted by molar-refractivity contribution is 0.122. The van der Waals surface area contributed by atoms with Crippen molar-refractivity contribution in [2.24, 2.45) is 11.8 Å².